The summed E-state index contributed by atoms with van der Waals surface area (Å²) in [6.45, 7) is 1.04. The number of likely N-dealkylation sites (tertiary alicyclic amines) is 1. The minimum Gasteiger partial charge on any atom is -0.472 e. The SMILES string of the molecule is N#Cc1ccc(NC(=O)C2CCCN(C(=O)c3ccoc3)C2)cc1. The van der Waals surface area contributed by atoms with Crippen LogP contribution >= 0.6 is 0 Å². The zero-order chi connectivity index (χ0) is 16.9. The van der Waals surface area contributed by atoms with E-state index in [1.54, 1.807) is 35.2 Å². The van der Waals surface area contributed by atoms with Crippen molar-refractivity contribution in [3.63, 3.8) is 0 Å². The molecule has 0 aliphatic carbocycles. The molecule has 6 nitrogen and oxygen atoms in total. The zero-order valence-corrected chi connectivity index (χ0v) is 13.1. The van der Waals surface area contributed by atoms with Crippen LogP contribution in [0, 0.1) is 17.2 Å². The van der Waals surface area contributed by atoms with Crippen LogP contribution in [0.2, 0.25) is 0 Å². The highest BCUT2D eigenvalue weighted by Gasteiger charge is 2.29. The number of nitrogens with one attached hydrogen (secondary N) is 1. The first kappa shape index (κ1) is 15.8. The van der Waals surface area contributed by atoms with Gasteiger partial charge < -0.3 is 14.6 Å². The quantitative estimate of drug-likeness (QED) is 0.940. The standard InChI is InChI=1S/C18H17N3O3/c19-10-13-3-5-16(6-4-13)20-17(22)14-2-1-8-21(11-14)18(23)15-7-9-24-12-15/h3-7,9,12,14H,1-2,8,11H2,(H,20,22). The predicted octanol–water partition coefficient (Wildman–Crippen LogP) is 2.64. The number of anilines is 1. The van der Waals surface area contributed by atoms with Crippen LogP contribution in [-0.2, 0) is 4.79 Å². The molecule has 1 aromatic carbocycles. The number of nitriles is 1. The Morgan fingerprint density at radius 2 is 2.04 bits per heavy atom. The first-order valence-electron chi connectivity index (χ1n) is 7.80. The third-order valence-electron chi connectivity index (χ3n) is 4.13. The van der Waals surface area contributed by atoms with Gasteiger partial charge in [-0.05, 0) is 43.2 Å². The number of nitrogens with zero attached hydrogens (tertiary/aromatic N) is 2. The molecule has 1 unspecified atom stereocenters. The molecule has 0 spiro atoms. The van der Waals surface area contributed by atoms with Gasteiger partial charge in [-0.2, -0.15) is 5.26 Å². The lowest BCUT2D eigenvalue weighted by molar-refractivity contribution is -0.121. The Morgan fingerprint density at radius 1 is 1.25 bits per heavy atom. The molecule has 1 aromatic heterocycles. The Kier molecular flexibility index (Phi) is 4.62. The average molecular weight is 323 g/mol. The monoisotopic (exact) mass is 323 g/mol. The van der Waals surface area contributed by atoms with E-state index < -0.39 is 0 Å². The maximum Gasteiger partial charge on any atom is 0.257 e. The van der Waals surface area contributed by atoms with Gasteiger partial charge in [0.05, 0.1) is 29.4 Å². The lowest BCUT2D eigenvalue weighted by atomic mass is 9.96. The van der Waals surface area contributed by atoms with E-state index in [0.29, 0.717) is 29.9 Å². The van der Waals surface area contributed by atoms with E-state index >= 15 is 0 Å². The largest absolute Gasteiger partial charge is 0.472 e. The van der Waals surface area contributed by atoms with E-state index in [1.165, 1.54) is 12.5 Å². The maximum atomic E-state index is 12.4. The first-order chi connectivity index (χ1) is 11.7. The molecule has 2 heterocycles. The molecule has 3 rings (SSSR count). The van der Waals surface area contributed by atoms with Crippen molar-refractivity contribution >= 4 is 17.5 Å². The van der Waals surface area contributed by atoms with Crippen LogP contribution in [0.4, 0.5) is 5.69 Å². The Labute approximate surface area is 139 Å². The van der Waals surface area contributed by atoms with E-state index in [9.17, 15) is 9.59 Å². The summed E-state index contributed by atoms with van der Waals surface area (Å²) >= 11 is 0. The number of hydrogen-bond acceptors (Lipinski definition) is 4. The van der Waals surface area contributed by atoms with Gasteiger partial charge in [-0.15, -0.1) is 0 Å². The molecule has 1 fully saturated rings. The highest BCUT2D eigenvalue weighted by molar-refractivity contribution is 5.96. The second-order valence-electron chi connectivity index (χ2n) is 5.78. The van der Waals surface area contributed by atoms with Crippen LogP contribution in [0.5, 0.6) is 0 Å². The Bertz CT molecular complexity index is 760. The molecule has 0 bridgehead atoms. The average Bonchev–Trinajstić information content (AvgIpc) is 3.16. The Balaban J connectivity index is 1.62. The lowest BCUT2D eigenvalue weighted by Gasteiger charge is -2.31. The molecular weight excluding hydrogens is 306 g/mol. The third-order valence-corrected chi connectivity index (χ3v) is 4.13. The number of hydrogen-bond donors (Lipinski definition) is 1. The van der Waals surface area contributed by atoms with Crippen molar-refractivity contribution < 1.29 is 14.0 Å². The Hall–Kier alpha value is -3.07. The van der Waals surface area contributed by atoms with E-state index in [1.807, 2.05) is 6.07 Å². The molecule has 1 aliphatic rings. The number of furan rings is 1. The van der Waals surface area contributed by atoms with Gasteiger partial charge in [-0.3, -0.25) is 9.59 Å². The van der Waals surface area contributed by atoms with E-state index in [4.69, 9.17) is 9.68 Å². The summed E-state index contributed by atoms with van der Waals surface area (Å²) < 4.78 is 4.95. The van der Waals surface area contributed by atoms with Gasteiger partial charge in [-0.1, -0.05) is 0 Å². The summed E-state index contributed by atoms with van der Waals surface area (Å²) in [6.07, 6.45) is 4.42. The predicted molar refractivity (Wildman–Crippen MR) is 87.1 cm³/mol. The van der Waals surface area contributed by atoms with Crippen molar-refractivity contribution in [2.45, 2.75) is 12.8 Å². The van der Waals surface area contributed by atoms with E-state index in [2.05, 4.69) is 5.32 Å². The van der Waals surface area contributed by atoms with E-state index in [0.717, 1.165) is 12.8 Å². The number of rotatable bonds is 3. The van der Waals surface area contributed by atoms with Gasteiger partial charge in [0.2, 0.25) is 5.91 Å². The summed E-state index contributed by atoms with van der Waals surface area (Å²) in [5.74, 6) is -0.464. The number of carbonyl (C=O) groups is 2. The molecule has 6 heteroatoms. The van der Waals surface area contributed by atoms with Crippen LogP contribution in [0.25, 0.3) is 0 Å². The second-order valence-corrected chi connectivity index (χ2v) is 5.78. The normalized spacial score (nSPS) is 17.1. The smallest absolute Gasteiger partial charge is 0.257 e. The molecule has 1 aliphatic heterocycles. The van der Waals surface area contributed by atoms with Crippen LogP contribution in [0.15, 0.2) is 47.3 Å². The molecule has 1 N–H and O–H groups in total. The topological polar surface area (TPSA) is 86.3 Å². The molecule has 1 saturated heterocycles. The lowest BCUT2D eigenvalue weighted by Crippen LogP contribution is -2.43. The first-order valence-corrected chi connectivity index (χ1v) is 7.80. The zero-order valence-electron chi connectivity index (χ0n) is 13.1. The van der Waals surface area contributed by atoms with Gasteiger partial charge in [0.15, 0.2) is 0 Å². The highest BCUT2D eigenvalue weighted by atomic mass is 16.3. The minimum absolute atomic E-state index is 0.107. The fourth-order valence-electron chi connectivity index (χ4n) is 2.82. The number of piperidine rings is 1. The van der Waals surface area contributed by atoms with E-state index in [-0.39, 0.29) is 17.7 Å². The van der Waals surface area contributed by atoms with Crippen molar-refractivity contribution in [1.29, 1.82) is 5.26 Å². The van der Waals surface area contributed by atoms with Crippen LogP contribution in [0.1, 0.15) is 28.8 Å². The molecule has 122 valence electrons. The van der Waals surface area contributed by atoms with Crippen LogP contribution in [-0.4, -0.2) is 29.8 Å². The summed E-state index contributed by atoms with van der Waals surface area (Å²) in [4.78, 5) is 26.5. The maximum absolute atomic E-state index is 12.4. The van der Waals surface area contributed by atoms with Crippen molar-refractivity contribution in [2.75, 3.05) is 18.4 Å². The molecular formula is C18H17N3O3. The van der Waals surface area contributed by atoms with Gasteiger partial charge in [0.25, 0.3) is 5.91 Å². The molecule has 2 aromatic rings. The fourth-order valence-corrected chi connectivity index (χ4v) is 2.82. The van der Waals surface area contributed by atoms with Crippen molar-refractivity contribution in [3.05, 3.63) is 54.0 Å². The van der Waals surface area contributed by atoms with Crippen molar-refractivity contribution in [3.8, 4) is 6.07 Å². The minimum atomic E-state index is -0.245. The Morgan fingerprint density at radius 3 is 2.71 bits per heavy atom. The molecule has 0 radical (unpaired) electrons. The number of benzene rings is 1. The fraction of sp³-hybridized carbons (Fsp3) is 0.278. The van der Waals surface area contributed by atoms with Gasteiger partial charge in [-0.25, -0.2) is 0 Å². The summed E-state index contributed by atoms with van der Waals surface area (Å²) in [5.41, 5.74) is 1.70. The third kappa shape index (κ3) is 3.46. The van der Waals surface area contributed by atoms with Gasteiger partial charge in [0.1, 0.15) is 6.26 Å². The van der Waals surface area contributed by atoms with Crippen LogP contribution < -0.4 is 5.32 Å². The van der Waals surface area contributed by atoms with Gasteiger partial charge >= 0.3 is 0 Å². The summed E-state index contributed by atoms with van der Waals surface area (Å²) in [6, 6.07) is 10.4. The molecule has 24 heavy (non-hydrogen) atoms. The number of carbonyl (C=O) groups excluding carboxylic acids is 2. The summed E-state index contributed by atoms with van der Waals surface area (Å²) in [7, 11) is 0. The van der Waals surface area contributed by atoms with Gasteiger partial charge in [0, 0.05) is 18.8 Å². The van der Waals surface area contributed by atoms with Crippen molar-refractivity contribution in [1.82, 2.24) is 4.90 Å². The molecule has 0 saturated carbocycles. The van der Waals surface area contributed by atoms with Crippen LogP contribution in [0.3, 0.4) is 0 Å². The second kappa shape index (κ2) is 7.01. The molecule has 1 atom stereocenters. The van der Waals surface area contributed by atoms with Crippen molar-refractivity contribution in [2.24, 2.45) is 5.92 Å². The summed E-state index contributed by atoms with van der Waals surface area (Å²) in [5, 5.41) is 11.6. The number of amides is 2. The highest BCUT2D eigenvalue weighted by Crippen LogP contribution is 2.21. The molecule has 2 amide bonds.